The van der Waals surface area contributed by atoms with Crippen LogP contribution >= 0.6 is 0 Å². The van der Waals surface area contributed by atoms with Gasteiger partial charge in [-0.3, -0.25) is 0 Å². The van der Waals surface area contributed by atoms with Crippen LogP contribution in [0.4, 0.5) is 4.39 Å². The fraction of sp³-hybridized carbons (Fsp3) is 0.600. The Morgan fingerprint density at radius 2 is 2.17 bits per heavy atom. The first-order valence-electron chi connectivity index (χ1n) is 6.91. The number of hydrogen-bond donors (Lipinski definition) is 1. The summed E-state index contributed by atoms with van der Waals surface area (Å²) in [5.74, 6) is -0.0237. The Morgan fingerprint density at radius 1 is 1.39 bits per heavy atom. The van der Waals surface area contributed by atoms with Crippen LogP contribution in [0.25, 0.3) is 0 Å². The molecular formula is C15H23FN2. The number of nitrogens with zero attached hydrogens (tertiary/aromatic N) is 1. The highest BCUT2D eigenvalue weighted by atomic mass is 19.1. The molecule has 2 N–H and O–H groups in total. The second-order valence-corrected chi connectivity index (χ2v) is 5.29. The van der Waals surface area contributed by atoms with E-state index in [-0.39, 0.29) is 11.7 Å². The van der Waals surface area contributed by atoms with E-state index in [0.717, 1.165) is 18.7 Å². The summed E-state index contributed by atoms with van der Waals surface area (Å²) in [7, 11) is 0. The lowest BCUT2D eigenvalue weighted by molar-refractivity contribution is 0.151. The third-order valence-corrected chi connectivity index (χ3v) is 4.03. The van der Waals surface area contributed by atoms with Crippen LogP contribution in [0.3, 0.4) is 0 Å². The first-order valence-corrected chi connectivity index (χ1v) is 6.91. The number of nitrogens with two attached hydrogens (primary N) is 1. The Bertz CT molecular complexity index is 381. The highest BCUT2D eigenvalue weighted by Gasteiger charge is 2.23. The van der Waals surface area contributed by atoms with Crippen molar-refractivity contribution in [2.45, 2.75) is 38.1 Å². The number of halogens is 1. The highest BCUT2D eigenvalue weighted by molar-refractivity contribution is 5.22. The highest BCUT2D eigenvalue weighted by Crippen LogP contribution is 2.23. The molecule has 0 saturated carbocycles. The van der Waals surface area contributed by atoms with E-state index in [0.29, 0.717) is 12.6 Å². The second-order valence-electron chi connectivity index (χ2n) is 5.29. The molecule has 1 aromatic carbocycles. The molecule has 1 saturated heterocycles. The third-order valence-electron chi connectivity index (χ3n) is 4.03. The van der Waals surface area contributed by atoms with E-state index in [2.05, 4.69) is 11.8 Å². The number of benzene rings is 1. The van der Waals surface area contributed by atoms with E-state index in [1.165, 1.54) is 25.3 Å². The van der Waals surface area contributed by atoms with E-state index in [9.17, 15) is 4.39 Å². The monoisotopic (exact) mass is 250 g/mol. The molecule has 0 bridgehead atoms. The van der Waals surface area contributed by atoms with Crippen LogP contribution in [-0.2, 0) is 0 Å². The molecule has 2 unspecified atom stereocenters. The lowest BCUT2D eigenvalue weighted by Crippen LogP contribution is -2.41. The molecule has 1 aromatic rings. The quantitative estimate of drug-likeness (QED) is 0.890. The molecular weight excluding hydrogens is 227 g/mol. The molecule has 18 heavy (non-hydrogen) atoms. The van der Waals surface area contributed by atoms with Crippen LogP contribution in [0.2, 0.25) is 0 Å². The van der Waals surface area contributed by atoms with E-state index in [1.54, 1.807) is 6.07 Å². The number of rotatable bonds is 4. The van der Waals surface area contributed by atoms with Crippen LogP contribution < -0.4 is 5.73 Å². The van der Waals surface area contributed by atoms with Crippen molar-refractivity contribution in [1.82, 2.24) is 4.90 Å². The molecule has 2 atom stereocenters. The molecule has 0 amide bonds. The standard InChI is InChI=1S/C15H23FN2/c1-12-6-4-5-9-18(12)11-13(10-17)14-7-2-3-8-15(14)16/h2-3,7-8,12-13H,4-6,9-11,17H2,1H3. The largest absolute Gasteiger partial charge is 0.330 e. The van der Waals surface area contributed by atoms with Crippen LogP contribution in [-0.4, -0.2) is 30.6 Å². The van der Waals surface area contributed by atoms with Crippen molar-refractivity contribution >= 4 is 0 Å². The van der Waals surface area contributed by atoms with Crippen LogP contribution in [0.1, 0.15) is 37.7 Å². The van der Waals surface area contributed by atoms with Gasteiger partial charge in [-0.15, -0.1) is 0 Å². The Hall–Kier alpha value is -0.930. The molecule has 0 radical (unpaired) electrons. The van der Waals surface area contributed by atoms with Crippen molar-refractivity contribution in [3.05, 3.63) is 35.6 Å². The maximum atomic E-state index is 13.8. The molecule has 2 nitrogen and oxygen atoms in total. The van der Waals surface area contributed by atoms with Crippen molar-refractivity contribution < 1.29 is 4.39 Å². The Morgan fingerprint density at radius 3 is 2.83 bits per heavy atom. The summed E-state index contributed by atoms with van der Waals surface area (Å²) in [6.45, 7) is 4.75. The van der Waals surface area contributed by atoms with Gasteiger partial charge in [0.1, 0.15) is 5.82 Å². The normalized spacial score (nSPS) is 22.9. The van der Waals surface area contributed by atoms with Crippen LogP contribution in [0.5, 0.6) is 0 Å². The van der Waals surface area contributed by atoms with Gasteiger partial charge in [0, 0.05) is 25.0 Å². The molecule has 1 aliphatic rings. The van der Waals surface area contributed by atoms with Crippen molar-refractivity contribution in [2.24, 2.45) is 5.73 Å². The van der Waals surface area contributed by atoms with Gasteiger partial charge in [-0.05, 0) is 37.9 Å². The van der Waals surface area contributed by atoms with Gasteiger partial charge in [0.2, 0.25) is 0 Å². The van der Waals surface area contributed by atoms with Gasteiger partial charge in [0.05, 0.1) is 0 Å². The molecule has 0 aliphatic carbocycles. The minimum atomic E-state index is -0.127. The van der Waals surface area contributed by atoms with Gasteiger partial charge in [0.15, 0.2) is 0 Å². The number of likely N-dealkylation sites (tertiary alicyclic amines) is 1. The van der Waals surface area contributed by atoms with Gasteiger partial charge in [-0.25, -0.2) is 4.39 Å². The molecule has 2 rings (SSSR count). The Balaban J connectivity index is 2.07. The fourth-order valence-electron chi connectivity index (χ4n) is 2.82. The lowest BCUT2D eigenvalue weighted by atomic mass is 9.95. The molecule has 1 heterocycles. The summed E-state index contributed by atoms with van der Waals surface area (Å²) in [6.07, 6.45) is 3.80. The average molecular weight is 250 g/mol. The zero-order valence-corrected chi connectivity index (χ0v) is 11.1. The molecule has 100 valence electrons. The zero-order valence-electron chi connectivity index (χ0n) is 11.1. The fourth-order valence-corrected chi connectivity index (χ4v) is 2.82. The second kappa shape index (κ2) is 6.30. The van der Waals surface area contributed by atoms with E-state index < -0.39 is 0 Å². The van der Waals surface area contributed by atoms with Gasteiger partial charge in [-0.2, -0.15) is 0 Å². The Labute approximate surface area is 109 Å². The Kier molecular flexibility index (Phi) is 4.72. The molecule has 0 aromatic heterocycles. The summed E-state index contributed by atoms with van der Waals surface area (Å²) in [6, 6.07) is 7.61. The minimum absolute atomic E-state index is 0.103. The van der Waals surface area contributed by atoms with Gasteiger partial charge < -0.3 is 10.6 Å². The maximum Gasteiger partial charge on any atom is 0.126 e. The predicted octanol–water partition coefficient (Wildman–Crippen LogP) is 2.74. The molecule has 0 spiro atoms. The smallest absolute Gasteiger partial charge is 0.126 e. The summed E-state index contributed by atoms with van der Waals surface area (Å²) in [4.78, 5) is 2.45. The average Bonchev–Trinajstić information content (AvgIpc) is 2.39. The summed E-state index contributed by atoms with van der Waals surface area (Å²) < 4.78 is 13.8. The first-order chi connectivity index (χ1) is 8.72. The van der Waals surface area contributed by atoms with Crippen LogP contribution in [0, 0.1) is 5.82 Å². The zero-order chi connectivity index (χ0) is 13.0. The SMILES string of the molecule is CC1CCCCN1CC(CN)c1ccccc1F. The van der Waals surface area contributed by atoms with Gasteiger partial charge >= 0.3 is 0 Å². The first kappa shape index (κ1) is 13.5. The molecule has 3 heteroatoms. The number of hydrogen-bond acceptors (Lipinski definition) is 2. The third kappa shape index (κ3) is 3.09. The minimum Gasteiger partial charge on any atom is -0.330 e. The van der Waals surface area contributed by atoms with Crippen molar-refractivity contribution in [2.75, 3.05) is 19.6 Å². The summed E-state index contributed by atoms with van der Waals surface area (Å²) in [5, 5.41) is 0. The van der Waals surface area contributed by atoms with E-state index in [1.807, 2.05) is 12.1 Å². The van der Waals surface area contributed by atoms with Crippen molar-refractivity contribution in [1.29, 1.82) is 0 Å². The van der Waals surface area contributed by atoms with Crippen LogP contribution in [0.15, 0.2) is 24.3 Å². The molecule has 1 aliphatic heterocycles. The maximum absolute atomic E-state index is 13.8. The van der Waals surface area contributed by atoms with E-state index in [4.69, 9.17) is 5.73 Å². The topological polar surface area (TPSA) is 29.3 Å². The van der Waals surface area contributed by atoms with Gasteiger partial charge in [-0.1, -0.05) is 24.6 Å². The number of piperidine rings is 1. The summed E-state index contributed by atoms with van der Waals surface area (Å²) in [5.41, 5.74) is 6.60. The predicted molar refractivity (Wildman–Crippen MR) is 73.1 cm³/mol. The van der Waals surface area contributed by atoms with Gasteiger partial charge in [0.25, 0.3) is 0 Å². The lowest BCUT2D eigenvalue weighted by Gasteiger charge is -2.35. The molecule has 1 fully saturated rings. The van der Waals surface area contributed by atoms with Crippen molar-refractivity contribution in [3.63, 3.8) is 0 Å². The summed E-state index contributed by atoms with van der Waals surface area (Å²) >= 11 is 0. The van der Waals surface area contributed by atoms with E-state index >= 15 is 0 Å². The van der Waals surface area contributed by atoms with Crippen molar-refractivity contribution in [3.8, 4) is 0 Å².